The quantitative estimate of drug-likeness (QED) is 0.0331. The molecule has 1 aromatic rings. The SMILES string of the molecule is CSCC[C@@H]1CC(=O)[C@@H](NC(=O)[C@H](CS)CC(=O)[C@H](CC(=O)O)NC(=O)[C@H](Cc2cnc[nH]2)NC(=O)[C@@H](N)CC(C)C)CC(=O)NCCCC[C@@H](C(=O)C[C@@H](CCCCN)C(=O)N[C@H](C)C(C)C)NC(=O)[C@H](CCCCN)CC(=O)[C@H](CCCCN)NC1=O. The van der Waals surface area contributed by atoms with Gasteiger partial charge in [0.1, 0.15) is 6.04 Å². The van der Waals surface area contributed by atoms with Gasteiger partial charge >= 0.3 is 5.97 Å². The lowest BCUT2D eigenvalue weighted by atomic mass is 9.88. The number of aromatic nitrogens is 2. The summed E-state index contributed by atoms with van der Waals surface area (Å²) in [6.07, 6.45) is 6.06. The minimum atomic E-state index is -1.72. The van der Waals surface area contributed by atoms with E-state index in [1.54, 1.807) is 6.26 Å². The number of H-pyrrole nitrogens is 1. The van der Waals surface area contributed by atoms with Crippen molar-refractivity contribution in [1.29, 1.82) is 0 Å². The number of thiol groups is 1. The fourth-order valence-corrected chi connectivity index (χ4v) is 11.0. The van der Waals surface area contributed by atoms with Gasteiger partial charge in [0, 0.05) is 80.1 Å². The minimum Gasteiger partial charge on any atom is -0.481 e. The Bertz CT molecular complexity index is 2420. The van der Waals surface area contributed by atoms with E-state index in [0.29, 0.717) is 69.5 Å². The molecule has 17 N–H and O–H groups in total. The molecule has 0 aliphatic carbocycles. The predicted octanol–water partition coefficient (Wildman–Crippen LogP) is 1.45. The Labute approximate surface area is 534 Å². The van der Waals surface area contributed by atoms with E-state index in [-0.39, 0.29) is 107 Å². The number of nitrogens with one attached hydrogen (secondary N) is 8. The van der Waals surface area contributed by atoms with Crippen molar-refractivity contribution in [2.45, 2.75) is 212 Å². The van der Waals surface area contributed by atoms with Gasteiger partial charge in [-0.15, -0.1) is 0 Å². The van der Waals surface area contributed by atoms with Crippen LogP contribution in [0.2, 0.25) is 0 Å². The van der Waals surface area contributed by atoms with E-state index < -0.39 is 150 Å². The maximum atomic E-state index is 14.6. The number of carboxylic acid groups (broad SMARTS) is 1. The number of ketones is 4. The molecule has 0 unspecified atom stereocenters. The summed E-state index contributed by atoms with van der Waals surface area (Å²) < 4.78 is 0. The summed E-state index contributed by atoms with van der Waals surface area (Å²) in [5.41, 5.74) is 24.0. The van der Waals surface area contributed by atoms with E-state index in [2.05, 4.69) is 59.8 Å². The third kappa shape index (κ3) is 31.2. The Hall–Kier alpha value is -5.81. The number of carbonyl (C=O) groups is 12. The topological polar surface area (TPSA) is 442 Å². The van der Waals surface area contributed by atoms with Crippen molar-refractivity contribution in [3.63, 3.8) is 0 Å². The molecule has 2 rings (SSSR count). The summed E-state index contributed by atoms with van der Waals surface area (Å²) in [5.74, 6) is -12.7. The summed E-state index contributed by atoms with van der Waals surface area (Å²) in [4.78, 5) is 175. The molecular formula is C61H105N13O13S2. The lowest BCUT2D eigenvalue weighted by Gasteiger charge is -2.27. The third-order valence-electron chi connectivity index (χ3n) is 16.0. The fourth-order valence-electron chi connectivity index (χ4n) is 10.2. The Morgan fingerprint density at radius 3 is 1.96 bits per heavy atom. The molecule has 0 saturated carbocycles. The first kappa shape index (κ1) is 79.3. The number of carboxylic acids is 1. The molecule has 0 bridgehead atoms. The van der Waals surface area contributed by atoms with Crippen LogP contribution in [0.15, 0.2) is 12.5 Å². The molecular weight excluding hydrogens is 1190 g/mol. The van der Waals surface area contributed by atoms with Crippen molar-refractivity contribution in [3.05, 3.63) is 18.2 Å². The van der Waals surface area contributed by atoms with Crippen LogP contribution in [0.4, 0.5) is 0 Å². The number of aliphatic carboxylic acids is 1. The van der Waals surface area contributed by atoms with E-state index in [9.17, 15) is 62.6 Å². The smallest absolute Gasteiger partial charge is 0.305 e. The highest BCUT2D eigenvalue weighted by atomic mass is 32.2. The molecule has 504 valence electrons. The van der Waals surface area contributed by atoms with E-state index in [1.807, 2.05) is 34.6 Å². The average Bonchev–Trinajstić information content (AvgIpc) is 4.09. The van der Waals surface area contributed by atoms with Crippen LogP contribution in [0, 0.1) is 35.5 Å². The van der Waals surface area contributed by atoms with Crippen LogP contribution < -0.4 is 60.2 Å². The molecule has 7 amide bonds. The molecule has 0 aromatic carbocycles. The highest BCUT2D eigenvalue weighted by Crippen LogP contribution is 2.23. The molecule has 1 fully saturated rings. The first-order valence-electron chi connectivity index (χ1n) is 31.6. The minimum absolute atomic E-state index is 0.0158. The predicted molar refractivity (Wildman–Crippen MR) is 344 cm³/mol. The Morgan fingerprint density at radius 2 is 1.35 bits per heavy atom. The normalized spacial score (nSPS) is 20.6. The van der Waals surface area contributed by atoms with Crippen LogP contribution in [-0.4, -0.2) is 172 Å². The fraction of sp³-hybridized carbons (Fsp3) is 0.754. The largest absolute Gasteiger partial charge is 0.481 e. The van der Waals surface area contributed by atoms with Gasteiger partial charge in [-0.2, -0.15) is 24.4 Å². The lowest BCUT2D eigenvalue weighted by molar-refractivity contribution is -0.141. The molecule has 1 aliphatic rings. The highest BCUT2D eigenvalue weighted by molar-refractivity contribution is 7.98. The number of rotatable bonds is 37. The van der Waals surface area contributed by atoms with Gasteiger partial charge in [-0.25, -0.2) is 4.98 Å². The van der Waals surface area contributed by atoms with Crippen molar-refractivity contribution in [1.82, 2.24) is 47.2 Å². The number of nitrogens with two attached hydrogens (primary N) is 4. The van der Waals surface area contributed by atoms with Crippen molar-refractivity contribution in [2.24, 2.45) is 58.4 Å². The van der Waals surface area contributed by atoms with E-state index in [1.165, 1.54) is 24.3 Å². The molecule has 1 saturated heterocycles. The summed E-state index contributed by atoms with van der Waals surface area (Å²) in [5, 5.41) is 29.1. The number of aromatic amines is 1. The molecule has 0 spiro atoms. The Morgan fingerprint density at radius 1 is 0.719 bits per heavy atom. The number of carbonyl (C=O) groups excluding carboxylic acids is 11. The Kier molecular flexibility index (Phi) is 39.0. The first-order chi connectivity index (χ1) is 42.3. The first-order valence-corrected chi connectivity index (χ1v) is 33.7. The van der Waals surface area contributed by atoms with Gasteiger partial charge in [-0.3, -0.25) is 57.5 Å². The van der Waals surface area contributed by atoms with Gasteiger partial charge in [0.05, 0.1) is 55.3 Å². The van der Waals surface area contributed by atoms with Gasteiger partial charge in [-0.05, 0) is 127 Å². The van der Waals surface area contributed by atoms with E-state index in [0.717, 1.165) is 0 Å². The number of imidazole rings is 1. The molecule has 1 aromatic heterocycles. The molecule has 89 heavy (non-hydrogen) atoms. The molecule has 1 aliphatic heterocycles. The zero-order valence-corrected chi connectivity index (χ0v) is 54.9. The number of thioether (sulfide) groups is 1. The van der Waals surface area contributed by atoms with Crippen LogP contribution in [0.3, 0.4) is 0 Å². The van der Waals surface area contributed by atoms with Gasteiger partial charge < -0.3 is 70.2 Å². The second-order valence-electron chi connectivity index (χ2n) is 24.3. The zero-order chi connectivity index (χ0) is 66.6. The van der Waals surface area contributed by atoms with E-state index >= 15 is 0 Å². The van der Waals surface area contributed by atoms with Crippen LogP contribution in [0.25, 0.3) is 0 Å². The van der Waals surface area contributed by atoms with Gasteiger partial charge in [0.25, 0.3) is 0 Å². The van der Waals surface area contributed by atoms with Gasteiger partial charge in [0.15, 0.2) is 23.1 Å². The number of unbranched alkanes of at least 4 members (excludes halogenated alkanes) is 3. The van der Waals surface area contributed by atoms with Crippen molar-refractivity contribution in [2.75, 3.05) is 43.9 Å². The number of Topliss-reactive ketones (excluding diaryl/α,β-unsaturated/α-hetero) is 4. The lowest BCUT2D eigenvalue weighted by Crippen LogP contribution is -2.56. The maximum absolute atomic E-state index is 14.6. The zero-order valence-electron chi connectivity index (χ0n) is 53.2. The Balaban J connectivity index is 2.64. The average molecular weight is 1290 g/mol. The van der Waals surface area contributed by atoms with Gasteiger partial charge in [0.2, 0.25) is 41.4 Å². The molecule has 11 atom stereocenters. The molecule has 2 heterocycles. The number of amides is 7. The van der Waals surface area contributed by atoms with Crippen molar-refractivity contribution >= 4 is 94.8 Å². The number of hydrogen-bond donors (Lipinski definition) is 14. The third-order valence-corrected chi connectivity index (χ3v) is 17.1. The van der Waals surface area contributed by atoms with Crippen LogP contribution in [0.5, 0.6) is 0 Å². The molecule has 28 heteroatoms. The number of nitrogens with zero attached hydrogens (tertiary/aromatic N) is 1. The molecule has 26 nitrogen and oxygen atoms in total. The second kappa shape index (κ2) is 43.8. The number of hydrogen-bond acceptors (Lipinski definition) is 19. The van der Waals surface area contributed by atoms with E-state index in [4.69, 9.17) is 22.9 Å². The van der Waals surface area contributed by atoms with Crippen molar-refractivity contribution in [3.8, 4) is 0 Å². The summed E-state index contributed by atoms with van der Waals surface area (Å²) in [6, 6.07) is -8.08. The van der Waals surface area contributed by atoms with Gasteiger partial charge in [-0.1, -0.05) is 40.5 Å². The van der Waals surface area contributed by atoms with Crippen LogP contribution >= 0.6 is 24.4 Å². The second-order valence-corrected chi connectivity index (χ2v) is 25.6. The monoisotopic (exact) mass is 1290 g/mol. The maximum Gasteiger partial charge on any atom is 0.305 e. The standard InChI is InChI=1S/C61H105N13O13S2/c1-36(2)25-44(65)60(86)74-49(30-43-33-66-35-68-43)61(87)73-48(32-55(80)81)53(78)29-42(34-88)59(85)72-47-31-54(79)67-23-14-10-18-46(50(75)26-39(15-7-11-20-62)56(82)69-38(5)37(3)4)70-57(83)40(16-8-12-21-63)27-51(76)45(17-9-13-22-64)71-58(84)41(19-24-89-6)28-52(47)77/h33,35-42,44-49,88H,7-32,34,62-65H2,1-6H3,(H,66,68)(H,67,79)(H,69,82)(H,70,83)(H,71,84)(H,72,85)(H,73,87)(H,74,86)(H,80,81)/t38-,39-,40-,41-,42+,44+,45+,46+,47+,48+,49+/m1/s1. The molecule has 0 radical (unpaired) electrons. The summed E-state index contributed by atoms with van der Waals surface area (Å²) in [6.45, 7) is 10.5. The van der Waals surface area contributed by atoms with Crippen LogP contribution in [0.1, 0.15) is 169 Å². The summed E-state index contributed by atoms with van der Waals surface area (Å²) >= 11 is 5.73. The van der Waals surface area contributed by atoms with Crippen LogP contribution in [-0.2, 0) is 64.0 Å². The van der Waals surface area contributed by atoms with Crippen molar-refractivity contribution < 1.29 is 62.6 Å². The summed E-state index contributed by atoms with van der Waals surface area (Å²) in [7, 11) is 0. The highest BCUT2D eigenvalue weighted by Gasteiger charge is 2.37.